The Kier molecular flexibility index (Phi) is 6.27. The first-order valence-electron chi connectivity index (χ1n) is 9.74. The number of hydrogen-bond donors (Lipinski definition) is 1. The largest absolute Gasteiger partial charge is 0.342 e. The molecule has 1 aliphatic heterocycles. The molecule has 138 valence electrons. The van der Waals surface area contributed by atoms with Gasteiger partial charge in [-0.05, 0) is 36.8 Å². The van der Waals surface area contributed by atoms with Crippen LogP contribution in [0.1, 0.15) is 50.5 Å². The number of nitrogens with zero attached hydrogens (tertiary/aromatic N) is 2. The van der Waals surface area contributed by atoms with Crippen LogP contribution in [-0.2, 0) is 16.0 Å². The van der Waals surface area contributed by atoms with Gasteiger partial charge in [-0.2, -0.15) is 5.26 Å². The highest BCUT2D eigenvalue weighted by atomic mass is 16.2. The summed E-state index contributed by atoms with van der Waals surface area (Å²) in [5, 5.41) is 11.4. The van der Waals surface area contributed by atoms with Gasteiger partial charge in [-0.1, -0.05) is 50.3 Å². The molecule has 1 aromatic rings. The minimum absolute atomic E-state index is 0.0517. The average Bonchev–Trinajstić information content (AvgIpc) is 2.70. The van der Waals surface area contributed by atoms with Crippen LogP contribution < -0.4 is 10.2 Å². The van der Waals surface area contributed by atoms with E-state index in [1.54, 1.807) is 4.90 Å². The molecule has 5 nitrogen and oxygen atoms in total. The first-order chi connectivity index (χ1) is 12.7. The fourth-order valence-corrected chi connectivity index (χ4v) is 4.28. The summed E-state index contributed by atoms with van der Waals surface area (Å²) in [5.74, 6) is -0.688. The Bertz CT molecular complexity index is 689. The van der Waals surface area contributed by atoms with Crippen molar-refractivity contribution in [1.82, 2.24) is 5.32 Å². The maximum atomic E-state index is 13.3. The van der Waals surface area contributed by atoms with Gasteiger partial charge in [0.2, 0.25) is 11.8 Å². The summed E-state index contributed by atoms with van der Waals surface area (Å²) in [7, 11) is 0. The second-order valence-electron chi connectivity index (χ2n) is 7.39. The lowest BCUT2D eigenvalue weighted by atomic mass is 9.81. The van der Waals surface area contributed by atoms with Crippen LogP contribution in [-0.4, -0.2) is 24.9 Å². The molecule has 2 aliphatic rings. The topological polar surface area (TPSA) is 73.2 Å². The van der Waals surface area contributed by atoms with E-state index in [-0.39, 0.29) is 18.4 Å². The second-order valence-corrected chi connectivity index (χ2v) is 7.39. The van der Waals surface area contributed by atoms with Crippen molar-refractivity contribution in [2.24, 2.45) is 11.8 Å². The molecule has 1 N–H and O–H groups in total. The molecule has 0 radical (unpaired) electrons. The average molecular weight is 353 g/mol. The molecule has 1 heterocycles. The number of carbonyl (C=O) groups excluding carboxylic acids is 2. The highest BCUT2D eigenvalue weighted by Crippen LogP contribution is 2.33. The van der Waals surface area contributed by atoms with Crippen molar-refractivity contribution in [2.75, 3.05) is 18.0 Å². The summed E-state index contributed by atoms with van der Waals surface area (Å²) in [5.41, 5.74) is 2.10. The SMILES string of the molecule is N#CCNC(=O)C(CC1CCCCC1)C(=O)N1CCCc2ccccc21. The maximum absolute atomic E-state index is 13.3. The van der Waals surface area contributed by atoms with Crippen molar-refractivity contribution in [3.8, 4) is 6.07 Å². The van der Waals surface area contributed by atoms with Gasteiger partial charge in [0.15, 0.2) is 0 Å². The third kappa shape index (κ3) is 4.24. The van der Waals surface area contributed by atoms with E-state index < -0.39 is 5.92 Å². The molecule has 1 aromatic carbocycles. The van der Waals surface area contributed by atoms with E-state index in [4.69, 9.17) is 5.26 Å². The van der Waals surface area contributed by atoms with Crippen LogP contribution in [0.3, 0.4) is 0 Å². The fraction of sp³-hybridized carbons (Fsp3) is 0.571. The standard InChI is InChI=1S/C21H27N3O2/c22-12-13-23-20(25)18(15-16-7-2-1-3-8-16)21(26)24-14-6-10-17-9-4-5-11-19(17)24/h4-5,9,11,16,18H,1-3,6-8,10,13-15H2,(H,23,25). The lowest BCUT2D eigenvalue weighted by Crippen LogP contribution is -2.46. The zero-order valence-electron chi connectivity index (χ0n) is 15.2. The Morgan fingerprint density at radius 3 is 2.73 bits per heavy atom. The van der Waals surface area contributed by atoms with Crippen molar-refractivity contribution >= 4 is 17.5 Å². The van der Waals surface area contributed by atoms with Crippen LogP contribution >= 0.6 is 0 Å². The van der Waals surface area contributed by atoms with Gasteiger partial charge in [0, 0.05) is 12.2 Å². The summed E-state index contributed by atoms with van der Waals surface area (Å²) >= 11 is 0. The number of anilines is 1. The van der Waals surface area contributed by atoms with Crippen LogP contribution in [0.2, 0.25) is 0 Å². The van der Waals surface area contributed by atoms with E-state index in [0.717, 1.165) is 31.4 Å². The van der Waals surface area contributed by atoms with E-state index >= 15 is 0 Å². The highest BCUT2D eigenvalue weighted by molar-refractivity contribution is 6.08. The minimum Gasteiger partial charge on any atom is -0.342 e. The van der Waals surface area contributed by atoms with Gasteiger partial charge in [0.1, 0.15) is 12.5 Å². The second kappa shape index (κ2) is 8.84. The first-order valence-corrected chi connectivity index (χ1v) is 9.74. The summed E-state index contributed by atoms with van der Waals surface area (Å²) in [6, 6.07) is 9.89. The smallest absolute Gasteiger partial charge is 0.239 e. The number of nitriles is 1. The fourth-order valence-electron chi connectivity index (χ4n) is 4.28. The monoisotopic (exact) mass is 353 g/mol. The number of nitrogens with one attached hydrogen (secondary N) is 1. The van der Waals surface area contributed by atoms with E-state index in [2.05, 4.69) is 11.4 Å². The quantitative estimate of drug-likeness (QED) is 0.652. The number of para-hydroxylation sites is 1. The number of benzene rings is 1. The summed E-state index contributed by atoms with van der Waals surface area (Å²) < 4.78 is 0. The molecule has 1 fully saturated rings. The Hall–Kier alpha value is -2.35. The summed E-state index contributed by atoms with van der Waals surface area (Å²) in [6.45, 7) is 0.604. The first kappa shape index (κ1) is 18.4. The Balaban J connectivity index is 1.80. The molecule has 0 bridgehead atoms. The van der Waals surface area contributed by atoms with Gasteiger partial charge >= 0.3 is 0 Å². The van der Waals surface area contributed by atoms with Crippen LogP contribution in [0, 0.1) is 23.2 Å². The third-order valence-corrected chi connectivity index (χ3v) is 5.63. The van der Waals surface area contributed by atoms with Crippen molar-refractivity contribution in [3.63, 3.8) is 0 Å². The molecule has 0 spiro atoms. The lowest BCUT2D eigenvalue weighted by Gasteiger charge is -2.33. The Morgan fingerprint density at radius 1 is 1.19 bits per heavy atom. The van der Waals surface area contributed by atoms with Crippen LogP contribution in [0.4, 0.5) is 5.69 Å². The number of fused-ring (bicyclic) bond motifs is 1. The van der Waals surface area contributed by atoms with Gasteiger partial charge in [-0.25, -0.2) is 0 Å². The van der Waals surface area contributed by atoms with Gasteiger partial charge < -0.3 is 10.2 Å². The number of aryl methyl sites for hydroxylation is 1. The maximum Gasteiger partial charge on any atom is 0.239 e. The van der Waals surface area contributed by atoms with E-state index in [1.165, 1.54) is 24.8 Å². The van der Waals surface area contributed by atoms with Crippen LogP contribution in [0.5, 0.6) is 0 Å². The third-order valence-electron chi connectivity index (χ3n) is 5.63. The van der Waals surface area contributed by atoms with Crippen molar-refractivity contribution < 1.29 is 9.59 Å². The molecule has 26 heavy (non-hydrogen) atoms. The van der Waals surface area contributed by atoms with Gasteiger partial charge in [0.05, 0.1) is 6.07 Å². The normalized spacial score (nSPS) is 18.5. The number of amides is 2. The highest BCUT2D eigenvalue weighted by Gasteiger charge is 2.35. The molecule has 3 rings (SSSR count). The molecular weight excluding hydrogens is 326 g/mol. The molecule has 0 saturated heterocycles. The van der Waals surface area contributed by atoms with E-state index in [1.807, 2.05) is 24.3 Å². The predicted molar refractivity (Wildman–Crippen MR) is 100 cm³/mol. The van der Waals surface area contributed by atoms with E-state index in [0.29, 0.717) is 18.9 Å². The van der Waals surface area contributed by atoms with Gasteiger partial charge in [0.25, 0.3) is 0 Å². The Morgan fingerprint density at radius 2 is 1.96 bits per heavy atom. The summed E-state index contributed by atoms with van der Waals surface area (Å²) in [4.78, 5) is 27.8. The minimum atomic E-state index is -0.697. The van der Waals surface area contributed by atoms with Crippen molar-refractivity contribution in [2.45, 2.75) is 51.4 Å². The predicted octanol–water partition coefficient (Wildman–Crippen LogP) is 3.19. The van der Waals surface area contributed by atoms with Gasteiger partial charge in [-0.3, -0.25) is 9.59 Å². The molecule has 5 heteroatoms. The molecule has 2 amide bonds. The summed E-state index contributed by atoms with van der Waals surface area (Å²) in [6.07, 6.45) is 8.25. The van der Waals surface area contributed by atoms with Crippen molar-refractivity contribution in [1.29, 1.82) is 5.26 Å². The van der Waals surface area contributed by atoms with Crippen LogP contribution in [0.15, 0.2) is 24.3 Å². The lowest BCUT2D eigenvalue weighted by molar-refractivity contribution is -0.134. The zero-order chi connectivity index (χ0) is 18.4. The number of carbonyl (C=O) groups is 2. The number of rotatable bonds is 5. The molecule has 1 saturated carbocycles. The van der Waals surface area contributed by atoms with E-state index in [9.17, 15) is 9.59 Å². The molecular formula is C21H27N3O2. The number of hydrogen-bond acceptors (Lipinski definition) is 3. The zero-order valence-corrected chi connectivity index (χ0v) is 15.2. The molecule has 1 aliphatic carbocycles. The Labute approximate surface area is 155 Å². The van der Waals surface area contributed by atoms with Gasteiger partial charge in [-0.15, -0.1) is 0 Å². The van der Waals surface area contributed by atoms with Crippen LogP contribution in [0.25, 0.3) is 0 Å². The molecule has 1 atom stereocenters. The van der Waals surface area contributed by atoms with Crippen molar-refractivity contribution in [3.05, 3.63) is 29.8 Å². The molecule has 0 aromatic heterocycles. The molecule has 1 unspecified atom stereocenters.